The van der Waals surface area contributed by atoms with E-state index < -0.39 is 0 Å². The van der Waals surface area contributed by atoms with Crippen molar-refractivity contribution >= 4 is 17.5 Å². The highest BCUT2D eigenvalue weighted by Crippen LogP contribution is 2.40. The topological polar surface area (TPSA) is 59.0 Å². The van der Waals surface area contributed by atoms with Crippen LogP contribution >= 0.6 is 11.6 Å². The maximum absolute atomic E-state index is 12.9. The first kappa shape index (κ1) is 18.3. The van der Waals surface area contributed by atoms with Gasteiger partial charge in [-0.1, -0.05) is 29.8 Å². The second-order valence-electron chi connectivity index (χ2n) is 7.70. The van der Waals surface area contributed by atoms with Crippen LogP contribution < -0.4 is 0 Å². The SMILES string of the molecule is O=C(Cc1ccccn1)N1CCc2nc(C3CC3)nc(-c3ccc(Cl)cc3)c2C1. The highest BCUT2D eigenvalue weighted by molar-refractivity contribution is 6.30. The number of amides is 1. The van der Waals surface area contributed by atoms with E-state index in [-0.39, 0.29) is 5.91 Å². The third-order valence-electron chi connectivity index (χ3n) is 5.55. The van der Waals surface area contributed by atoms with Gasteiger partial charge in [0, 0.05) is 53.5 Å². The van der Waals surface area contributed by atoms with Crippen LogP contribution in [0.2, 0.25) is 5.02 Å². The van der Waals surface area contributed by atoms with Crippen molar-refractivity contribution in [3.05, 3.63) is 76.5 Å². The molecule has 29 heavy (non-hydrogen) atoms. The summed E-state index contributed by atoms with van der Waals surface area (Å²) in [6.07, 6.45) is 5.11. The number of hydrogen-bond acceptors (Lipinski definition) is 4. The Kier molecular flexibility index (Phi) is 4.76. The molecule has 146 valence electrons. The summed E-state index contributed by atoms with van der Waals surface area (Å²) in [6.45, 7) is 1.21. The number of carbonyl (C=O) groups is 1. The lowest BCUT2D eigenvalue weighted by molar-refractivity contribution is -0.131. The van der Waals surface area contributed by atoms with Crippen LogP contribution in [0.3, 0.4) is 0 Å². The van der Waals surface area contributed by atoms with Crippen molar-refractivity contribution in [3.63, 3.8) is 0 Å². The smallest absolute Gasteiger partial charge is 0.228 e. The minimum Gasteiger partial charge on any atom is -0.337 e. The van der Waals surface area contributed by atoms with E-state index >= 15 is 0 Å². The van der Waals surface area contributed by atoms with Gasteiger partial charge in [0.05, 0.1) is 17.8 Å². The number of fused-ring (bicyclic) bond motifs is 1. The van der Waals surface area contributed by atoms with E-state index in [1.54, 1.807) is 6.20 Å². The first-order chi connectivity index (χ1) is 14.2. The third kappa shape index (κ3) is 3.87. The molecule has 1 aromatic carbocycles. The van der Waals surface area contributed by atoms with Crippen molar-refractivity contribution in [1.29, 1.82) is 0 Å². The van der Waals surface area contributed by atoms with Crippen LogP contribution in [0.25, 0.3) is 11.3 Å². The van der Waals surface area contributed by atoms with Crippen LogP contribution in [0.15, 0.2) is 48.7 Å². The van der Waals surface area contributed by atoms with Crippen LogP contribution in [-0.2, 0) is 24.2 Å². The summed E-state index contributed by atoms with van der Waals surface area (Å²) in [5, 5.41) is 0.700. The summed E-state index contributed by atoms with van der Waals surface area (Å²) < 4.78 is 0. The molecule has 0 spiro atoms. The normalized spacial score (nSPS) is 15.8. The van der Waals surface area contributed by atoms with Crippen LogP contribution in [0.4, 0.5) is 0 Å². The average molecular weight is 405 g/mol. The van der Waals surface area contributed by atoms with Gasteiger partial charge in [0.15, 0.2) is 0 Å². The van der Waals surface area contributed by atoms with E-state index in [0.29, 0.717) is 30.5 Å². The molecule has 1 aliphatic heterocycles. The largest absolute Gasteiger partial charge is 0.337 e. The lowest BCUT2D eigenvalue weighted by atomic mass is 9.98. The second kappa shape index (κ2) is 7.56. The van der Waals surface area contributed by atoms with E-state index in [9.17, 15) is 4.79 Å². The Morgan fingerprint density at radius 3 is 2.66 bits per heavy atom. The van der Waals surface area contributed by atoms with Crippen LogP contribution in [0.5, 0.6) is 0 Å². The fourth-order valence-corrected chi connectivity index (χ4v) is 3.91. The maximum atomic E-state index is 12.9. The van der Waals surface area contributed by atoms with Crippen molar-refractivity contribution in [2.24, 2.45) is 0 Å². The summed E-state index contributed by atoms with van der Waals surface area (Å²) in [6, 6.07) is 13.4. The second-order valence-corrected chi connectivity index (χ2v) is 8.14. The minimum atomic E-state index is 0.0858. The van der Waals surface area contributed by atoms with Crippen molar-refractivity contribution < 1.29 is 4.79 Å². The number of carbonyl (C=O) groups excluding carboxylic acids is 1. The van der Waals surface area contributed by atoms with E-state index in [2.05, 4.69) is 4.98 Å². The summed E-state index contributed by atoms with van der Waals surface area (Å²) in [5.41, 5.74) is 4.88. The third-order valence-corrected chi connectivity index (χ3v) is 5.80. The summed E-state index contributed by atoms with van der Waals surface area (Å²) in [5.74, 6) is 1.51. The molecular formula is C23H21ClN4O. The summed E-state index contributed by atoms with van der Waals surface area (Å²) >= 11 is 6.08. The van der Waals surface area contributed by atoms with Gasteiger partial charge < -0.3 is 4.90 Å². The molecule has 0 atom stereocenters. The minimum absolute atomic E-state index is 0.0858. The number of nitrogens with zero attached hydrogens (tertiary/aromatic N) is 4. The van der Waals surface area contributed by atoms with Gasteiger partial charge in [-0.25, -0.2) is 9.97 Å². The fourth-order valence-electron chi connectivity index (χ4n) is 3.79. The van der Waals surface area contributed by atoms with Crippen LogP contribution in [0.1, 0.15) is 41.5 Å². The average Bonchev–Trinajstić information content (AvgIpc) is 3.59. The molecule has 0 saturated heterocycles. The van der Waals surface area contributed by atoms with Gasteiger partial charge in [0.25, 0.3) is 0 Å². The Balaban J connectivity index is 1.47. The number of hydrogen-bond donors (Lipinski definition) is 0. The lowest BCUT2D eigenvalue weighted by Gasteiger charge is -2.30. The van der Waals surface area contributed by atoms with E-state index in [4.69, 9.17) is 21.6 Å². The Hall–Kier alpha value is -2.79. The maximum Gasteiger partial charge on any atom is 0.228 e. The molecule has 1 aliphatic carbocycles. The molecule has 3 aromatic rings. The van der Waals surface area contributed by atoms with Gasteiger partial charge in [-0.15, -0.1) is 0 Å². The van der Waals surface area contributed by atoms with Gasteiger partial charge in [-0.05, 0) is 37.1 Å². The van der Waals surface area contributed by atoms with Crippen molar-refractivity contribution in [1.82, 2.24) is 19.9 Å². The molecule has 2 aromatic heterocycles. The van der Waals surface area contributed by atoms with E-state index in [1.165, 1.54) is 0 Å². The molecule has 2 aliphatic rings. The van der Waals surface area contributed by atoms with Gasteiger partial charge in [0.1, 0.15) is 5.82 Å². The van der Waals surface area contributed by atoms with Crippen LogP contribution in [0, 0.1) is 0 Å². The fraction of sp³-hybridized carbons (Fsp3) is 0.304. The standard InChI is InChI=1S/C23H21ClN4O/c24-17-8-6-15(7-9-17)22-19-14-28(21(29)13-18-3-1-2-11-25-18)12-10-20(19)26-23(27-22)16-4-5-16/h1-3,6-9,11,16H,4-5,10,12-14H2. The Morgan fingerprint density at radius 1 is 1.10 bits per heavy atom. The van der Waals surface area contributed by atoms with Crippen molar-refractivity contribution in [2.45, 2.75) is 38.1 Å². The molecule has 5 rings (SSSR count). The first-order valence-electron chi connectivity index (χ1n) is 10.0. The highest BCUT2D eigenvalue weighted by atomic mass is 35.5. The number of aromatic nitrogens is 3. The molecule has 1 fully saturated rings. The Morgan fingerprint density at radius 2 is 1.93 bits per heavy atom. The van der Waals surface area contributed by atoms with Gasteiger partial charge in [0.2, 0.25) is 5.91 Å². The number of benzene rings is 1. The highest BCUT2D eigenvalue weighted by Gasteiger charge is 2.31. The van der Waals surface area contributed by atoms with E-state index in [0.717, 1.165) is 53.3 Å². The predicted octanol–water partition coefficient (Wildman–Crippen LogP) is 4.20. The number of rotatable bonds is 4. The van der Waals surface area contributed by atoms with E-state index in [1.807, 2.05) is 47.4 Å². The monoisotopic (exact) mass is 404 g/mol. The zero-order valence-corrected chi connectivity index (χ0v) is 16.8. The first-order valence-corrected chi connectivity index (χ1v) is 10.4. The molecule has 0 N–H and O–H groups in total. The van der Waals surface area contributed by atoms with Crippen LogP contribution in [-0.4, -0.2) is 32.3 Å². The number of halogens is 1. The molecule has 0 radical (unpaired) electrons. The summed E-state index contributed by atoms with van der Waals surface area (Å²) in [7, 11) is 0. The molecule has 5 nitrogen and oxygen atoms in total. The zero-order valence-electron chi connectivity index (χ0n) is 16.0. The van der Waals surface area contributed by atoms with Crippen molar-refractivity contribution in [3.8, 4) is 11.3 Å². The predicted molar refractivity (Wildman–Crippen MR) is 112 cm³/mol. The molecule has 3 heterocycles. The zero-order chi connectivity index (χ0) is 19.8. The summed E-state index contributed by atoms with van der Waals surface area (Å²) in [4.78, 5) is 28.9. The number of pyridine rings is 1. The van der Waals surface area contributed by atoms with Gasteiger partial charge in [-0.2, -0.15) is 0 Å². The molecular weight excluding hydrogens is 384 g/mol. The molecule has 0 unspecified atom stereocenters. The lowest BCUT2D eigenvalue weighted by Crippen LogP contribution is -2.38. The Labute approximate surface area is 174 Å². The molecule has 1 amide bonds. The molecule has 6 heteroatoms. The van der Waals surface area contributed by atoms with Gasteiger partial charge >= 0.3 is 0 Å². The quantitative estimate of drug-likeness (QED) is 0.654. The van der Waals surface area contributed by atoms with Gasteiger partial charge in [-0.3, -0.25) is 9.78 Å². The molecule has 1 saturated carbocycles. The van der Waals surface area contributed by atoms with Crippen molar-refractivity contribution in [2.75, 3.05) is 6.54 Å². The Bertz CT molecular complexity index is 1050. The molecule has 0 bridgehead atoms.